The van der Waals surface area contributed by atoms with Crippen LogP contribution in [0.15, 0.2) is 22.2 Å². The van der Waals surface area contributed by atoms with E-state index in [1.165, 1.54) is 17.7 Å². The number of esters is 1. The second kappa shape index (κ2) is 6.22. The van der Waals surface area contributed by atoms with Crippen LogP contribution in [0.4, 0.5) is 5.69 Å². The fraction of sp³-hybridized carbons (Fsp3) is 0.471. The van der Waals surface area contributed by atoms with E-state index in [0.717, 1.165) is 48.0 Å². The predicted molar refractivity (Wildman–Crippen MR) is 88.5 cm³/mol. The number of ether oxygens (including phenoxy) is 1. The number of hydrogen-bond donors (Lipinski definition) is 0. The molecule has 3 rings (SSSR count). The van der Waals surface area contributed by atoms with Crippen LogP contribution in [-0.4, -0.2) is 25.7 Å². The molecule has 0 saturated carbocycles. The van der Waals surface area contributed by atoms with Gasteiger partial charge in [0.25, 0.3) is 0 Å². The highest BCUT2D eigenvalue weighted by molar-refractivity contribution is 9.10. The molecule has 2 heterocycles. The van der Waals surface area contributed by atoms with Crippen molar-refractivity contribution in [1.29, 1.82) is 0 Å². The minimum absolute atomic E-state index is 0.171. The molecular weight excluding hydrogens is 330 g/mol. The molecule has 112 valence electrons. The van der Waals surface area contributed by atoms with Crippen LogP contribution in [0, 0.1) is 0 Å². The summed E-state index contributed by atoms with van der Waals surface area (Å²) in [5, 5.41) is 0. The van der Waals surface area contributed by atoms with E-state index in [-0.39, 0.29) is 5.97 Å². The number of carbonyl (C=O) groups excluding carboxylic acids is 1. The highest BCUT2D eigenvalue weighted by Crippen LogP contribution is 2.37. The Morgan fingerprint density at radius 2 is 2.05 bits per heavy atom. The van der Waals surface area contributed by atoms with Gasteiger partial charge in [0.15, 0.2) is 0 Å². The molecule has 0 unspecified atom stereocenters. The van der Waals surface area contributed by atoms with E-state index in [1.807, 2.05) is 13.0 Å². The van der Waals surface area contributed by atoms with Gasteiger partial charge in [-0.05, 0) is 61.9 Å². The first-order valence-electron chi connectivity index (χ1n) is 7.64. The lowest BCUT2D eigenvalue weighted by molar-refractivity contribution is -0.138. The van der Waals surface area contributed by atoms with Crippen molar-refractivity contribution in [2.24, 2.45) is 0 Å². The summed E-state index contributed by atoms with van der Waals surface area (Å²) in [6.07, 6.45) is 6.13. The van der Waals surface area contributed by atoms with E-state index in [1.54, 1.807) is 0 Å². The van der Waals surface area contributed by atoms with Gasteiger partial charge in [-0.2, -0.15) is 0 Å². The second-order valence-electron chi connectivity index (χ2n) is 5.59. The Hall–Kier alpha value is -1.29. The minimum atomic E-state index is -0.171. The van der Waals surface area contributed by atoms with Crippen LogP contribution in [0.5, 0.6) is 0 Å². The molecule has 0 aliphatic carbocycles. The van der Waals surface area contributed by atoms with Crippen LogP contribution in [0.25, 0.3) is 6.08 Å². The average molecular weight is 350 g/mol. The number of anilines is 1. The Morgan fingerprint density at radius 3 is 2.81 bits per heavy atom. The van der Waals surface area contributed by atoms with Crippen molar-refractivity contribution in [3.8, 4) is 0 Å². The number of rotatable bonds is 2. The third-order valence-electron chi connectivity index (χ3n) is 4.11. The molecule has 21 heavy (non-hydrogen) atoms. The molecule has 0 bridgehead atoms. The van der Waals surface area contributed by atoms with E-state index in [0.29, 0.717) is 6.61 Å². The lowest BCUT2D eigenvalue weighted by Gasteiger charge is -2.34. The second-order valence-corrected chi connectivity index (χ2v) is 6.50. The van der Waals surface area contributed by atoms with E-state index >= 15 is 0 Å². The van der Waals surface area contributed by atoms with Gasteiger partial charge in [-0.3, -0.25) is 0 Å². The number of aryl methyl sites for hydroxylation is 1. The van der Waals surface area contributed by atoms with Crippen LogP contribution in [-0.2, 0) is 16.0 Å². The first-order chi connectivity index (χ1) is 10.2. The highest BCUT2D eigenvalue weighted by Gasteiger charge is 2.23. The Labute approximate surface area is 134 Å². The summed E-state index contributed by atoms with van der Waals surface area (Å²) in [6.45, 7) is 4.41. The molecule has 0 spiro atoms. The van der Waals surface area contributed by atoms with Gasteiger partial charge in [-0.1, -0.05) is 15.9 Å². The molecule has 4 heteroatoms. The van der Waals surface area contributed by atoms with Gasteiger partial charge in [0, 0.05) is 28.8 Å². The summed E-state index contributed by atoms with van der Waals surface area (Å²) in [5.41, 5.74) is 4.63. The number of hydrogen-bond acceptors (Lipinski definition) is 3. The van der Waals surface area contributed by atoms with Gasteiger partial charge >= 0.3 is 5.97 Å². The summed E-state index contributed by atoms with van der Waals surface area (Å²) in [7, 11) is 0. The highest BCUT2D eigenvalue weighted by atomic mass is 79.9. The molecule has 0 atom stereocenters. The van der Waals surface area contributed by atoms with Gasteiger partial charge < -0.3 is 9.64 Å². The van der Waals surface area contributed by atoms with Crippen molar-refractivity contribution in [3.05, 3.63) is 33.3 Å². The SMILES string of the molecule is CCOC(=O)C1=Cc2cc(Br)cc3c2N(CCC1)CCC3. The third kappa shape index (κ3) is 3.00. The Morgan fingerprint density at radius 1 is 1.29 bits per heavy atom. The van der Waals surface area contributed by atoms with Crippen molar-refractivity contribution in [1.82, 2.24) is 0 Å². The lowest BCUT2D eigenvalue weighted by atomic mass is 9.93. The lowest BCUT2D eigenvalue weighted by Crippen LogP contribution is -2.32. The van der Waals surface area contributed by atoms with Gasteiger partial charge in [0.2, 0.25) is 0 Å². The molecular formula is C17H20BrNO2. The molecule has 3 nitrogen and oxygen atoms in total. The van der Waals surface area contributed by atoms with Crippen LogP contribution in [0.1, 0.15) is 37.3 Å². The minimum Gasteiger partial charge on any atom is -0.463 e. The van der Waals surface area contributed by atoms with Crippen LogP contribution in [0.2, 0.25) is 0 Å². The van der Waals surface area contributed by atoms with Crippen LogP contribution < -0.4 is 4.90 Å². The fourth-order valence-electron chi connectivity index (χ4n) is 3.27. The predicted octanol–water partition coefficient (Wildman–Crippen LogP) is 3.94. The number of nitrogens with zero attached hydrogens (tertiary/aromatic N) is 1. The van der Waals surface area contributed by atoms with Crippen LogP contribution in [0.3, 0.4) is 0 Å². The van der Waals surface area contributed by atoms with E-state index in [4.69, 9.17) is 4.74 Å². The Balaban J connectivity index is 2.08. The Bertz CT molecular complexity index is 595. The van der Waals surface area contributed by atoms with Crippen molar-refractivity contribution in [2.45, 2.75) is 32.6 Å². The zero-order valence-electron chi connectivity index (χ0n) is 12.3. The van der Waals surface area contributed by atoms with Gasteiger partial charge in [-0.15, -0.1) is 0 Å². The first-order valence-corrected chi connectivity index (χ1v) is 8.43. The maximum absolute atomic E-state index is 12.1. The molecule has 2 aliphatic rings. The Kier molecular flexibility index (Phi) is 4.34. The smallest absolute Gasteiger partial charge is 0.334 e. The summed E-state index contributed by atoms with van der Waals surface area (Å²) in [6, 6.07) is 4.33. The molecule has 0 saturated heterocycles. The maximum atomic E-state index is 12.1. The van der Waals surface area contributed by atoms with Crippen molar-refractivity contribution in [2.75, 3.05) is 24.6 Å². The average Bonchev–Trinajstić information content (AvgIpc) is 2.43. The molecule has 0 fully saturated rings. The molecule has 0 aromatic heterocycles. The van der Waals surface area contributed by atoms with Crippen molar-refractivity contribution < 1.29 is 9.53 Å². The molecule has 0 amide bonds. The van der Waals surface area contributed by atoms with E-state index < -0.39 is 0 Å². The monoisotopic (exact) mass is 349 g/mol. The summed E-state index contributed by atoms with van der Waals surface area (Å²) < 4.78 is 6.27. The van der Waals surface area contributed by atoms with Crippen LogP contribution >= 0.6 is 15.9 Å². The molecule has 1 aromatic carbocycles. The number of benzene rings is 1. The first kappa shape index (κ1) is 14.6. The summed E-state index contributed by atoms with van der Waals surface area (Å²) in [5.74, 6) is -0.171. The van der Waals surface area contributed by atoms with Crippen molar-refractivity contribution >= 4 is 33.7 Å². The standard InChI is InChI=1S/C17H20BrNO2/c1-2-21-17(20)13-6-4-8-19-7-3-5-12-10-15(18)11-14(9-13)16(12)19/h9-11H,2-8H2,1H3. The fourth-order valence-corrected chi connectivity index (χ4v) is 3.79. The molecule has 0 radical (unpaired) electrons. The van der Waals surface area contributed by atoms with Crippen molar-refractivity contribution in [3.63, 3.8) is 0 Å². The summed E-state index contributed by atoms with van der Waals surface area (Å²) in [4.78, 5) is 14.6. The molecule has 0 N–H and O–H groups in total. The topological polar surface area (TPSA) is 29.5 Å². The normalized spacial score (nSPS) is 17.4. The van der Waals surface area contributed by atoms with E-state index in [9.17, 15) is 4.79 Å². The largest absolute Gasteiger partial charge is 0.463 e. The molecule has 2 aliphatic heterocycles. The third-order valence-corrected chi connectivity index (χ3v) is 4.57. The number of carbonyl (C=O) groups is 1. The number of halogens is 1. The van der Waals surface area contributed by atoms with Gasteiger partial charge in [0.1, 0.15) is 0 Å². The maximum Gasteiger partial charge on any atom is 0.334 e. The van der Waals surface area contributed by atoms with E-state index in [2.05, 4.69) is 33.0 Å². The van der Waals surface area contributed by atoms with Gasteiger partial charge in [0.05, 0.1) is 6.61 Å². The zero-order chi connectivity index (χ0) is 14.8. The summed E-state index contributed by atoms with van der Waals surface area (Å²) >= 11 is 3.59. The zero-order valence-corrected chi connectivity index (χ0v) is 13.9. The van der Waals surface area contributed by atoms with Gasteiger partial charge in [-0.25, -0.2) is 4.79 Å². The quantitative estimate of drug-likeness (QED) is 0.757. The molecule has 1 aromatic rings.